The van der Waals surface area contributed by atoms with E-state index in [4.69, 9.17) is 5.73 Å². The summed E-state index contributed by atoms with van der Waals surface area (Å²) >= 11 is 0. The molecule has 1 unspecified atom stereocenters. The summed E-state index contributed by atoms with van der Waals surface area (Å²) in [7, 11) is 0. The zero-order valence-electron chi connectivity index (χ0n) is 9.32. The van der Waals surface area contributed by atoms with Gasteiger partial charge in [0.1, 0.15) is 0 Å². The second-order valence-electron chi connectivity index (χ2n) is 4.34. The highest BCUT2D eigenvalue weighted by Gasteiger charge is 2.18. The molecule has 0 spiro atoms. The number of aromatic nitrogens is 1. The average molecular weight is 205 g/mol. The molecule has 1 aromatic heterocycles. The Balaban J connectivity index is 2.09. The standard InChI is InChI=1S/C12H19N3/c1-2-10-4-3-5-15(9-10)12-6-11(13)7-14-8-12/h6-8,10H,2-5,9,13H2,1H3. The Morgan fingerprint density at radius 1 is 1.53 bits per heavy atom. The number of hydrogen-bond acceptors (Lipinski definition) is 3. The number of piperidine rings is 1. The third-order valence-corrected chi connectivity index (χ3v) is 3.21. The predicted molar refractivity (Wildman–Crippen MR) is 63.9 cm³/mol. The van der Waals surface area contributed by atoms with E-state index < -0.39 is 0 Å². The lowest BCUT2D eigenvalue weighted by Gasteiger charge is -2.33. The summed E-state index contributed by atoms with van der Waals surface area (Å²) in [4.78, 5) is 6.55. The molecule has 1 aliphatic heterocycles. The quantitative estimate of drug-likeness (QED) is 0.805. The maximum absolute atomic E-state index is 5.74. The van der Waals surface area contributed by atoms with Gasteiger partial charge in [-0.1, -0.05) is 13.3 Å². The van der Waals surface area contributed by atoms with Crippen molar-refractivity contribution < 1.29 is 0 Å². The van der Waals surface area contributed by atoms with Crippen LogP contribution in [0, 0.1) is 5.92 Å². The van der Waals surface area contributed by atoms with Crippen LogP contribution in [0.4, 0.5) is 11.4 Å². The molecule has 0 aliphatic carbocycles. The van der Waals surface area contributed by atoms with Crippen LogP contribution in [0.2, 0.25) is 0 Å². The molecule has 3 heteroatoms. The van der Waals surface area contributed by atoms with E-state index >= 15 is 0 Å². The zero-order chi connectivity index (χ0) is 10.7. The number of nitrogen functional groups attached to an aromatic ring is 1. The Morgan fingerprint density at radius 2 is 2.40 bits per heavy atom. The molecule has 0 bridgehead atoms. The monoisotopic (exact) mass is 205 g/mol. The topological polar surface area (TPSA) is 42.2 Å². The first-order chi connectivity index (χ1) is 7.29. The van der Waals surface area contributed by atoms with E-state index in [1.807, 2.05) is 12.3 Å². The van der Waals surface area contributed by atoms with Crippen molar-refractivity contribution in [3.8, 4) is 0 Å². The molecule has 1 aromatic rings. The van der Waals surface area contributed by atoms with Crippen LogP contribution in [-0.2, 0) is 0 Å². The summed E-state index contributed by atoms with van der Waals surface area (Å²) in [6.07, 6.45) is 7.53. The molecular formula is C12H19N3. The summed E-state index contributed by atoms with van der Waals surface area (Å²) < 4.78 is 0. The molecule has 0 amide bonds. The molecule has 2 N–H and O–H groups in total. The normalized spacial score (nSPS) is 21.7. The minimum atomic E-state index is 0.756. The molecule has 2 heterocycles. The van der Waals surface area contributed by atoms with Crippen molar-refractivity contribution >= 4 is 11.4 Å². The lowest BCUT2D eigenvalue weighted by atomic mass is 9.95. The van der Waals surface area contributed by atoms with E-state index in [9.17, 15) is 0 Å². The largest absolute Gasteiger partial charge is 0.397 e. The van der Waals surface area contributed by atoms with Gasteiger partial charge in [-0.2, -0.15) is 0 Å². The van der Waals surface area contributed by atoms with Gasteiger partial charge in [0.15, 0.2) is 0 Å². The lowest BCUT2D eigenvalue weighted by Crippen LogP contribution is -2.35. The minimum Gasteiger partial charge on any atom is -0.397 e. The van der Waals surface area contributed by atoms with Crippen LogP contribution in [0.5, 0.6) is 0 Å². The molecule has 0 aromatic carbocycles. The SMILES string of the molecule is CCC1CCCN(c2cncc(N)c2)C1. The van der Waals surface area contributed by atoms with E-state index in [1.54, 1.807) is 6.20 Å². The van der Waals surface area contributed by atoms with Crippen LogP contribution in [-0.4, -0.2) is 18.1 Å². The van der Waals surface area contributed by atoms with Crippen LogP contribution in [0.15, 0.2) is 18.5 Å². The Morgan fingerprint density at radius 3 is 3.13 bits per heavy atom. The first kappa shape index (κ1) is 10.3. The van der Waals surface area contributed by atoms with Gasteiger partial charge in [-0.15, -0.1) is 0 Å². The van der Waals surface area contributed by atoms with Crippen molar-refractivity contribution in [2.24, 2.45) is 5.92 Å². The summed E-state index contributed by atoms with van der Waals surface area (Å²) in [5.74, 6) is 0.834. The van der Waals surface area contributed by atoms with Gasteiger partial charge >= 0.3 is 0 Å². The summed E-state index contributed by atoms with van der Waals surface area (Å²) in [6.45, 7) is 4.56. The van der Waals surface area contributed by atoms with Crippen molar-refractivity contribution in [1.29, 1.82) is 0 Å². The highest BCUT2D eigenvalue weighted by atomic mass is 15.1. The fraction of sp³-hybridized carbons (Fsp3) is 0.583. The summed E-state index contributed by atoms with van der Waals surface area (Å²) in [5.41, 5.74) is 7.67. The van der Waals surface area contributed by atoms with Crippen LogP contribution in [0.3, 0.4) is 0 Å². The van der Waals surface area contributed by atoms with Crippen LogP contribution < -0.4 is 10.6 Å². The second-order valence-corrected chi connectivity index (χ2v) is 4.34. The fourth-order valence-corrected chi connectivity index (χ4v) is 2.25. The Bertz CT molecular complexity index is 324. The first-order valence-corrected chi connectivity index (χ1v) is 5.75. The molecule has 82 valence electrons. The van der Waals surface area contributed by atoms with Gasteiger partial charge in [0.25, 0.3) is 0 Å². The van der Waals surface area contributed by atoms with Crippen LogP contribution >= 0.6 is 0 Å². The first-order valence-electron chi connectivity index (χ1n) is 5.75. The zero-order valence-corrected chi connectivity index (χ0v) is 9.32. The summed E-state index contributed by atoms with van der Waals surface area (Å²) in [5, 5.41) is 0. The molecule has 15 heavy (non-hydrogen) atoms. The highest BCUT2D eigenvalue weighted by Crippen LogP contribution is 2.25. The third kappa shape index (κ3) is 2.41. The van der Waals surface area contributed by atoms with E-state index in [0.29, 0.717) is 0 Å². The minimum absolute atomic E-state index is 0.756. The smallest absolute Gasteiger partial charge is 0.0573 e. The molecular weight excluding hydrogens is 186 g/mol. The number of hydrogen-bond donors (Lipinski definition) is 1. The van der Waals surface area contributed by atoms with Gasteiger partial charge in [0.2, 0.25) is 0 Å². The number of rotatable bonds is 2. The number of nitrogens with two attached hydrogens (primary N) is 1. The van der Waals surface area contributed by atoms with Crippen molar-refractivity contribution in [2.45, 2.75) is 26.2 Å². The predicted octanol–water partition coefficient (Wildman–Crippen LogP) is 2.29. The van der Waals surface area contributed by atoms with Crippen molar-refractivity contribution in [3.63, 3.8) is 0 Å². The highest BCUT2D eigenvalue weighted by molar-refractivity contribution is 5.53. The summed E-state index contributed by atoms with van der Waals surface area (Å²) in [6, 6.07) is 2.02. The van der Waals surface area contributed by atoms with Crippen molar-refractivity contribution in [2.75, 3.05) is 23.7 Å². The van der Waals surface area contributed by atoms with Gasteiger partial charge in [0, 0.05) is 19.3 Å². The molecule has 1 atom stereocenters. The van der Waals surface area contributed by atoms with E-state index in [0.717, 1.165) is 24.7 Å². The van der Waals surface area contributed by atoms with Gasteiger partial charge < -0.3 is 10.6 Å². The maximum Gasteiger partial charge on any atom is 0.0573 e. The van der Waals surface area contributed by atoms with E-state index in [-0.39, 0.29) is 0 Å². The lowest BCUT2D eigenvalue weighted by molar-refractivity contribution is 0.404. The molecule has 3 nitrogen and oxygen atoms in total. The van der Waals surface area contributed by atoms with Crippen LogP contribution in [0.25, 0.3) is 0 Å². The molecule has 0 radical (unpaired) electrons. The number of pyridine rings is 1. The molecule has 1 saturated heterocycles. The van der Waals surface area contributed by atoms with Gasteiger partial charge in [0.05, 0.1) is 17.6 Å². The third-order valence-electron chi connectivity index (χ3n) is 3.21. The average Bonchev–Trinajstić information content (AvgIpc) is 2.29. The van der Waals surface area contributed by atoms with Crippen molar-refractivity contribution in [3.05, 3.63) is 18.5 Å². The van der Waals surface area contributed by atoms with Crippen molar-refractivity contribution in [1.82, 2.24) is 4.98 Å². The Kier molecular flexibility index (Phi) is 3.09. The van der Waals surface area contributed by atoms with Crippen LogP contribution in [0.1, 0.15) is 26.2 Å². The van der Waals surface area contributed by atoms with Gasteiger partial charge in [-0.25, -0.2) is 0 Å². The van der Waals surface area contributed by atoms with Gasteiger partial charge in [-0.3, -0.25) is 4.98 Å². The Labute approximate surface area is 91.3 Å². The maximum atomic E-state index is 5.74. The Hall–Kier alpha value is -1.25. The number of anilines is 2. The molecule has 0 saturated carbocycles. The molecule has 1 fully saturated rings. The van der Waals surface area contributed by atoms with E-state index in [2.05, 4.69) is 16.8 Å². The fourth-order valence-electron chi connectivity index (χ4n) is 2.25. The second kappa shape index (κ2) is 4.51. The molecule has 1 aliphatic rings. The van der Waals surface area contributed by atoms with E-state index in [1.165, 1.54) is 24.9 Å². The molecule has 2 rings (SSSR count). The van der Waals surface area contributed by atoms with Gasteiger partial charge in [-0.05, 0) is 24.8 Å². The number of nitrogens with zero attached hydrogens (tertiary/aromatic N) is 2.